The molecule has 0 saturated heterocycles. The molecule has 1 fully saturated rings. The minimum absolute atomic E-state index is 0.0170. The zero-order chi connectivity index (χ0) is 30.5. The summed E-state index contributed by atoms with van der Waals surface area (Å²) in [6, 6.07) is 8.74. The second-order valence-corrected chi connectivity index (χ2v) is 12.6. The molecule has 3 aromatic rings. The van der Waals surface area contributed by atoms with E-state index in [1.807, 2.05) is 0 Å². The summed E-state index contributed by atoms with van der Waals surface area (Å²) >= 11 is 0. The Hall–Kier alpha value is -3.88. The number of carboxylic acids is 1. The maximum absolute atomic E-state index is 15.1. The predicted molar refractivity (Wildman–Crippen MR) is 152 cm³/mol. The number of hydrogen-bond donors (Lipinski definition) is 4. The Balaban J connectivity index is 1.41. The van der Waals surface area contributed by atoms with E-state index in [0.29, 0.717) is 24.1 Å². The third-order valence-corrected chi connectivity index (χ3v) is 7.68. The smallest absolute Gasteiger partial charge is 0.412 e. The van der Waals surface area contributed by atoms with Crippen molar-refractivity contribution in [3.8, 4) is 22.8 Å². The molecular formula is C28H34FN5O7S. The Morgan fingerprint density at radius 2 is 1.81 bits per heavy atom. The van der Waals surface area contributed by atoms with Crippen LogP contribution in [0.4, 0.5) is 14.9 Å². The largest absolute Gasteiger partial charge is 0.480 e. The van der Waals surface area contributed by atoms with Crippen molar-refractivity contribution >= 4 is 28.0 Å². The van der Waals surface area contributed by atoms with Gasteiger partial charge in [0.2, 0.25) is 5.82 Å². The molecule has 0 spiro atoms. The lowest BCUT2D eigenvalue weighted by Gasteiger charge is -2.24. The highest BCUT2D eigenvalue weighted by atomic mass is 32.2. The van der Waals surface area contributed by atoms with E-state index < -0.39 is 39.7 Å². The summed E-state index contributed by atoms with van der Waals surface area (Å²) in [4.78, 5) is 28.0. The molecule has 0 radical (unpaired) electrons. The fraction of sp³-hybridized carbons (Fsp3) is 0.429. The van der Waals surface area contributed by atoms with Crippen molar-refractivity contribution in [1.29, 1.82) is 0 Å². The van der Waals surface area contributed by atoms with Crippen LogP contribution < -0.4 is 14.8 Å². The van der Waals surface area contributed by atoms with Crippen LogP contribution in [0.15, 0.2) is 47.0 Å². The number of aromatic nitrogens is 2. The van der Waals surface area contributed by atoms with Crippen molar-refractivity contribution in [3.05, 3.63) is 53.8 Å². The first kappa shape index (κ1) is 31.1. The first-order valence-electron chi connectivity index (χ1n) is 13.5. The molecule has 14 heteroatoms. The number of halogens is 1. The SMILES string of the molecule is CC(C)(C)OC(=O)Nc1ccc(-c2nc(-c3ccc(CC(NS(=O)(=O)NC4CCCCC4)C(=O)O)cc3F)no2)cc1. The number of rotatable bonds is 10. The van der Waals surface area contributed by atoms with E-state index in [1.54, 1.807) is 45.0 Å². The van der Waals surface area contributed by atoms with Crippen molar-refractivity contribution in [3.63, 3.8) is 0 Å². The lowest BCUT2D eigenvalue weighted by molar-refractivity contribution is -0.138. The Kier molecular flexibility index (Phi) is 9.59. The summed E-state index contributed by atoms with van der Waals surface area (Å²) in [6.07, 6.45) is 3.36. The van der Waals surface area contributed by atoms with Crippen LogP contribution in [0.3, 0.4) is 0 Å². The van der Waals surface area contributed by atoms with Crippen LogP contribution in [0.25, 0.3) is 22.8 Å². The van der Waals surface area contributed by atoms with Gasteiger partial charge in [0.15, 0.2) is 0 Å². The van der Waals surface area contributed by atoms with Gasteiger partial charge >= 0.3 is 12.1 Å². The first-order chi connectivity index (χ1) is 19.8. The second kappa shape index (κ2) is 13.0. The maximum atomic E-state index is 15.1. The number of ether oxygens (including phenoxy) is 1. The van der Waals surface area contributed by atoms with Gasteiger partial charge < -0.3 is 14.4 Å². The summed E-state index contributed by atoms with van der Waals surface area (Å²) < 4.78 is 55.3. The monoisotopic (exact) mass is 603 g/mol. The summed E-state index contributed by atoms with van der Waals surface area (Å²) in [5.74, 6) is -2.03. The number of carbonyl (C=O) groups excluding carboxylic acids is 1. The number of carbonyl (C=O) groups is 2. The molecule has 1 heterocycles. The van der Waals surface area contributed by atoms with Gasteiger partial charge in [-0.05, 0) is 82.0 Å². The summed E-state index contributed by atoms with van der Waals surface area (Å²) in [5, 5.41) is 16.1. The van der Waals surface area contributed by atoms with E-state index in [2.05, 4.69) is 24.9 Å². The lowest BCUT2D eigenvalue weighted by atomic mass is 9.96. The molecule has 4 rings (SSSR count). The fourth-order valence-electron chi connectivity index (χ4n) is 4.51. The normalized spacial score (nSPS) is 15.2. The van der Waals surface area contributed by atoms with Crippen molar-refractivity contribution in [2.24, 2.45) is 0 Å². The van der Waals surface area contributed by atoms with E-state index in [1.165, 1.54) is 12.1 Å². The molecule has 0 bridgehead atoms. The van der Waals surface area contributed by atoms with E-state index in [-0.39, 0.29) is 35.3 Å². The molecule has 1 amide bonds. The summed E-state index contributed by atoms with van der Waals surface area (Å²) in [7, 11) is -4.08. The van der Waals surface area contributed by atoms with Crippen molar-refractivity contribution in [1.82, 2.24) is 19.6 Å². The molecule has 1 aliphatic rings. The number of benzene rings is 2. The van der Waals surface area contributed by atoms with Crippen molar-refractivity contribution in [2.45, 2.75) is 77.0 Å². The topological polar surface area (TPSA) is 173 Å². The fourth-order valence-corrected chi connectivity index (χ4v) is 5.81. The van der Waals surface area contributed by atoms with E-state index >= 15 is 4.39 Å². The maximum Gasteiger partial charge on any atom is 0.412 e. The van der Waals surface area contributed by atoms with Crippen LogP contribution in [0.2, 0.25) is 0 Å². The lowest BCUT2D eigenvalue weighted by Crippen LogP contribution is -2.50. The quantitative estimate of drug-likeness (QED) is 0.257. The minimum Gasteiger partial charge on any atom is -0.480 e. The summed E-state index contributed by atoms with van der Waals surface area (Å²) in [5.41, 5.74) is 0.655. The molecule has 1 unspecified atom stereocenters. The highest BCUT2D eigenvalue weighted by molar-refractivity contribution is 7.87. The molecule has 1 aromatic heterocycles. The predicted octanol–water partition coefficient (Wildman–Crippen LogP) is 4.64. The number of carboxylic acid groups (broad SMARTS) is 1. The number of amides is 1. The molecule has 226 valence electrons. The third-order valence-electron chi connectivity index (χ3n) is 6.44. The average Bonchev–Trinajstić information content (AvgIpc) is 3.38. The highest BCUT2D eigenvalue weighted by Gasteiger charge is 2.27. The summed E-state index contributed by atoms with van der Waals surface area (Å²) in [6.45, 7) is 5.27. The van der Waals surface area contributed by atoms with E-state index in [9.17, 15) is 23.1 Å². The molecule has 1 atom stereocenters. The molecular weight excluding hydrogens is 569 g/mol. The Morgan fingerprint density at radius 3 is 2.43 bits per heavy atom. The number of aliphatic carboxylic acids is 1. The highest BCUT2D eigenvalue weighted by Crippen LogP contribution is 2.26. The van der Waals surface area contributed by atoms with E-state index in [4.69, 9.17) is 9.26 Å². The van der Waals surface area contributed by atoms with Gasteiger partial charge in [-0.3, -0.25) is 10.1 Å². The zero-order valence-electron chi connectivity index (χ0n) is 23.5. The Morgan fingerprint density at radius 1 is 1.12 bits per heavy atom. The van der Waals surface area contributed by atoms with Crippen LogP contribution in [0, 0.1) is 5.82 Å². The Bertz CT molecular complexity index is 1510. The number of nitrogens with zero attached hydrogens (tertiary/aromatic N) is 2. The van der Waals surface area contributed by atoms with Crippen LogP contribution >= 0.6 is 0 Å². The zero-order valence-corrected chi connectivity index (χ0v) is 24.3. The van der Waals surface area contributed by atoms with Gasteiger partial charge in [-0.1, -0.05) is 30.5 Å². The third kappa shape index (κ3) is 8.81. The number of anilines is 1. The first-order valence-corrected chi connectivity index (χ1v) is 15.0. The van der Waals surface area contributed by atoms with Gasteiger partial charge in [0.1, 0.15) is 17.5 Å². The van der Waals surface area contributed by atoms with Gasteiger partial charge in [0.25, 0.3) is 16.1 Å². The molecule has 2 aromatic carbocycles. The average molecular weight is 604 g/mol. The Labute approximate surface area is 243 Å². The number of nitrogens with one attached hydrogen (secondary N) is 3. The van der Waals surface area contributed by atoms with Gasteiger partial charge in [-0.15, -0.1) is 0 Å². The van der Waals surface area contributed by atoms with E-state index in [0.717, 1.165) is 25.3 Å². The minimum atomic E-state index is -4.08. The molecule has 12 nitrogen and oxygen atoms in total. The van der Waals surface area contributed by atoms with Gasteiger partial charge in [-0.25, -0.2) is 9.18 Å². The second-order valence-electron chi connectivity index (χ2n) is 11.1. The van der Waals surface area contributed by atoms with Gasteiger partial charge in [-0.2, -0.15) is 22.8 Å². The molecule has 4 N–H and O–H groups in total. The van der Waals surface area contributed by atoms with Gasteiger partial charge in [0, 0.05) is 17.3 Å². The van der Waals surface area contributed by atoms with Crippen LogP contribution in [-0.2, 0) is 26.2 Å². The standard InChI is InChI=1S/C28H34FN5O7S/c1-28(2,3)40-27(37)30-19-12-10-18(11-13-19)25-31-24(32-41-25)21-14-9-17(15-22(21)29)16-23(26(35)36)34-42(38,39)33-20-7-5-4-6-8-20/h9-15,20,23,33-34H,4-8,16H2,1-3H3,(H,30,37)(H,35,36). The van der Waals surface area contributed by atoms with Gasteiger partial charge in [0.05, 0.1) is 5.56 Å². The van der Waals surface area contributed by atoms with Crippen molar-refractivity contribution in [2.75, 3.05) is 5.32 Å². The molecule has 1 saturated carbocycles. The van der Waals surface area contributed by atoms with Crippen LogP contribution in [0.1, 0.15) is 58.4 Å². The number of hydrogen-bond acceptors (Lipinski definition) is 8. The van der Waals surface area contributed by atoms with Crippen molar-refractivity contribution < 1.29 is 36.8 Å². The van der Waals surface area contributed by atoms with Crippen LogP contribution in [0.5, 0.6) is 0 Å². The molecule has 42 heavy (non-hydrogen) atoms. The molecule has 1 aliphatic carbocycles. The van der Waals surface area contributed by atoms with Crippen LogP contribution in [-0.4, -0.2) is 53.4 Å². The molecule has 0 aliphatic heterocycles.